The maximum atomic E-state index is 11.3. The average Bonchev–Trinajstić information content (AvgIpc) is 2.56. The number of aromatic carboxylic acids is 3. The van der Waals surface area contributed by atoms with E-state index >= 15 is 0 Å². The normalized spacial score (nSPS) is 9.32. The predicted molar refractivity (Wildman–Crippen MR) is 97.1 cm³/mol. The molecule has 0 saturated carbocycles. The first-order valence-electron chi connectivity index (χ1n) is 8.50. The van der Waals surface area contributed by atoms with Crippen LogP contribution in [0.2, 0.25) is 0 Å². The van der Waals surface area contributed by atoms with Crippen LogP contribution in [0.5, 0.6) is 0 Å². The Balaban J connectivity index is -0.000000260. The number of carbonyl (C=O) groups is 3. The summed E-state index contributed by atoms with van der Waals surface area (Å²) in [5, 5.41) is 30.5. The molecule has 0 saturated heterocycles. The van der Waals surface area contributed by atoms with E-state index in [0.717, 1.165) is 19.3 Å². The maximum absolute atomic E-state index is 11.3. The van der Waals surface area contributed by atoms with Gasteiger partial charge in [0.15, 0.2) is 0 Å². The van der Waals surface area contributed by atoms with Gasteiger partial charge in [0, 0.05) is 12.2 Å². The average molecular weight is 423 g/mol. The van der Waals surface area contributed by atoms with Crippen molar-refractivity contribution in [2.45, 2.75) is 51.9 Å². The molecule has 144 valence electrons. The monoisotopic (exact) mass is 423 g/mol. The molecule has 0 heterocycles. The number of carboxylic acid groups (broad SMARTS) is 3. The number of rotatable bonds is 12. The van der Waals surface area contributed by atoms with Gasteiger partial charge in [-0.25, -0.2) is 14.4 Å². The van der Waals surface area contributed by atoms with Gasteiger partial charge in [0.2, 0.25) is 0 Å². The Morgan fingerprint density at radius 3 is 1.61 bits per heavy atom. The molecule has 0 fully saturated rings. The van der Waals surface area contributed by atoms with Gasteiger partial charge in [-0.2, -0.15) is 0 Å². The van der Waals surface area contributed by atoms with Crippen molar-refractivity contribution in [2.24, 2.45) is 0 Å². The summed E-state index contributed by atoms with van der Waals surface area (Å²) in [5.74, 6) is -4.52. The van der Waals surface area contributed by atoms with E-state index in [1.54, 1.807) is 0 Å². The van der Waals surface area contributed by atoms with Crippen molar-refractivity contribution in [2.75, 3.05) is 11.9 Å². The quantitative estimate of drug-likeness (QED) is 0.197. The van der Waals surface area contributed by atoms with Crippen LogP contribution in [0.15, 0.2) is 12.1 Å². The molecule has 0 aromatic heterocycles. The summed E-state index contributed by atoms with van der Waals surface area (Å²) < 4.78 is 0. The third-order valence-electron chi connectivity index (χ3n) is 3.92. The molecule has 1 rings (SSSR count). The molecule has 0 amide bonds. The Morgan fingerprint density at radius 1 is 0.786 bits per heavy atom. The van der Waals surface area contributed by atoms with Gasteiger partial charge in [0.05, 0.1) is 16.7 Å². The van der Waals surface area contributed by atoms with Crippen molar-refractivity contribution in [1.29, 1.82) is 0 Å². The summed E-state index contributed by atoms with van der Waals surface area (Å²) in [5.41, 5.74) is -1.48. The first-order chi connectivity index (χ1) is 11.9. The molecule has 4 N–H and O–H groups in total. The minimum Gasteiger partial charge on any atom is -1.00 e. The van der Waals surface area contributed by atoms with Crippen LogP contribution in [0.4, 0.5) is 5.69 Å². The van der Waals surface area contributed by atoms with E-state index in [0.29, 0.717) is 12.2 Å². The predicted octanol–water partition coefficient (Wildman–Crippen LogP) is -4.71. The van der Waals surface area contributed by atoms with Crippen molar-refractivity contribution >= 4 is 23.6 Å². The second-order valence-corrected chi connectivity index (χ2v) is 5.91. The fourth-order valence-electron chi connectivity index (χ4n) is 2.63. The van der Waals surface area contributed by atoms with Gasteiger partial charge >= 0.3 is 107 Å². The summed E-state index contributed by atoms with van der Waals surface area (Å²) in [4.78, 5) is 33.8. The third-order valence-corrected chi connectivity index (χ3v) is 3.92. The summed E-state index contributed by atoms with van der Waals surface area (Å²) >= 11 is 0. The molecule has 0 radical (unpaired) electrons. The SMILES string of the molecule is CCCCCCCCCNc1cc(C(=O)O)c(C(=O)O)c(C(=O)O)c1.[H-].[H-].[H-].[Na+].[Na+].[Na+]. The first-order valence-corrected chi connectivity index (χ1v) is 8.50. The van der Waals surface area contributed by atoms with Gasteiger partial charge in [-0.1, -0.05) is 45.4 Å². The molecule has 10 heteroatoms. The van der Waals surface area contributed by atoms with Crippen molar-refractivity contribution < 1.29 is 123 Å². The fraction of sp³-hybridized carbons (Fsp3) is 0.500. The topological polar surface area (TPSA) is 124 Å². The van der Waals surface area contributed by atoms with Crippen LogP contribution >= 0.6 is 0 Å². The molecular formula is C18H28NNa3O6. The van der Waals surface area contributed by atoms with Crippen LogP contribution < -0.4 is 94.0 Å². The van der Waals surface area contributed by atoms with Gasteiger partial charge in [-0.15, -0.1) is 0 Å². The van der Waals surface area contributed by atoms with Gasteiger partial charge in [-0.05, 0) is 18.6 Å². The van der Waals surface area contributed by atoms with Crippen LogP contribution in [0.3, 0.4) is 0 Å². The molecule has 0 aliphatic carbocycles. The van der Waals surface area contributed by atoms with Crippen molar-refractivity contribution in [1.82, 2.24) is 0 Å². The second-order valence-electron chi connectivity index (χ2n) is 5.91. The number of anilines is 1. The van der Waals surface area contributed by atoms with E-state index in [4.69, 9.17) is 5.11 Å². The van der Waals surface area contributed by atoms with Gasteiger partial charge in [0.1, 0.15) is 0 Å². The summed E-state index contributed by atoms with van der Waals surface area (Å²) in [6, 6.07) is 2.33. The van der Waals surface area contributed by atoms with Crippen molar-refractivity contribution in [3.63, 3.8) is 0 Å². The van der Waals surface area contributed by atoms with E-state index in [1.165, 1.54) is 37.8 Å². The molecule has 1 aromatic carbocycles. The smallest absolute Gasteiger partial charge is 1.00 e. The first kappa shape index (κ1) is 33.1. The number of hydrogen-bond acceptors (Lipinski definition) is 4. The molecule has 0 spiro atoms. The van der Waals surface area contributed by atoms with Gasteiger partial charge in [-0.3, -0.25) is 0 Å². The number of unbranched alkanes of at least 4 members (excludes halogenated alkanes) is 6. The summed E-state index contributed by atoms with van der Waals surface area (Å²) in [7, 11) is 0. The van der Waals surface area contributed by atoms with Crippen LogP contribution in [0.1, 0.15) is 87.2 Å². The Hall–Kier alpha value is 0.430. The molecule has 28 heavy (non-hydrogen) atoms. The van der Waals surface area contributed by atoms with E-state index in [1.807, 2.05) is 0 Å². The van der Waals surface area contributed by atoms with Gasteiger partial charge in [0.25, 0.3) is 0 Å². The number of carboxylic acids is 3. The molecule has 7 nitrogen and oxygen atoms in total. The zero-order chi connectivity index (χ0) is 18.8. The fourth-order valence-corrected chi connectivity index (χ4v) is 2.63. The molecule has 0 aliphatic heterocycles. The third kappa shape index (κ3) is 11.6. The molecule has 1 aromatic rings. The van der Waals surface area contributed by atoms with Crippen LogP contribution in [-0.4, -0.2) is 39.8 Å². The molecule has 0 unspecified atom stereocenters. The zero-order valence-corrected chi connectivity index (χ0v) is 23.4. The Morgan fingerprint density at radius 2 is 1.21 bits per heavy atom. The number of nitrogens with one attached hydrogen (secondary N) is 1. The second kappa shape index (κ2) is 18.2. The van der Waals surface area contributed by atoms with Crippen LogP contribution in [0.25, 0.3) is 0 Å². The van der Waals surface area contributed by atoms with E-state index in [2.05, 4.69) is 12.2 Å². The Bertz CT molecular complexity index is 619. The van der Waals surface area contributed by atoms with E-state index < -0.39 is 34.6 Å². The van der Waals surface area contributed by atoms with Crippen molar-refractivity contribution in [3.05, 3.63) is 28.8 Å². The standard InChI is InChI=1S/C18H25NO6.3Na.3H/c1-2-3-4-5-6-7-8-9-19-12-10-13(16(20)21)15(18(24)25)14(11-12)17(22)23;;;;;;/h10-11,19H,2-9H2,1H3,(H,20,21)(H,22,23)(H,24,25);;;;;;/q;3*+1;3*-1. The van der Waals surface area contributed by atoms with Crippen LogP contribution in [-0.2, 0) is 0 Å². The zero-order valence-electron chi connectivity index (χ0n) is 20.4. The molecule has 0 atom stereocenters. The van der Waals surface area contributed by atoms with Crippen LogP contribution in [0, 0.1) is 0 Å². The number of benzene rings is 1. The minimum absolute atomic E-state index is 0. The van der Waals surface area contributed by atoms with Gasteiger partial charge < -0.3 is 24.9 Å². The molecule has 0 aliphatic rings. The Kier molecular flexibility index (Phi) is 21.5. The van der Waals surface area contributed by atoms with E-state index in [9.17, 15) is 24.6 Å². The summed E-state index contributed by atoms with van der Waals surface area (Å²) in [6.45, 7) is 2.73. The molecular weight excluding hydrogens is 395 g/mol. The number of hydrogen-bond donors (Lipinski definition) is 4. The van der Waals surface area contributed by atoms with E-state index in [-0.39, 0.29) is 93.0 Å². The largest absolute Gasteiger partial charge is 1.00 e. The summed E-state index contributed by atoms with van der Waals surface area (Å²) in [6.07, 6.45) is 7.88. The van der Waals surface area contributed by atoms with Crippen molar-refractivity contribution in [3.8, 4) is 0 Å². The Labute approximate surface area is 236 Å². The maximum Gasteiger partial charge on any atom is 1.00 e. The molecule has 0 bridgehead atoms. The minimum atomic E-state index is -1.58.